The average molecular weight is 432 g/mol. The number of anilines is 1. The lowest BCUT2D eigenvalue weighted by atomic mass is 9.80. The van der Waals surface area contributed by atoms with Crippen LogP contribution in [0.25, 0.3) is 0 Å². The number of carbonyl (C=O) groups excluding carboxylic acids is 2. The van der Waals surface area contributed by atoms with E-state index in [1.54, 1.807) is 6.92 Å². The quantitative estimate of drug-likeness (QED) is 0.420. The summed E-state index contributed by atoms with van der Waals surface area (Å²) < 4.78 is 0. The van der Waals surface area contributed by atoms with Gasteiger partial charge in [-0.05, 0) is 24.6 Å². The van der Waals surface area contributed by atoms with Crippen LogP contribution in [0.15, 0.2) is 47.6 Å². The van der Waals surface area contributed by atoms with Crippen molar-refractivity contribution in [2.45, 2.75) is 12.8 Å². The first kappa shape index (κ1) is 20.9. The number of rotatable bonds is 5. The predicted molar refractivity (Wildman–Crippen MR) is 107 cm³/mol. The zero-order valence-corrected chi connectivity index (χ0v) is 16.1. The Hall–Kier alpha value is -3.86. The number of halogens is 1. The standard InChI is InChI=1S/C18H14ClN5O6/c1-9-15(10-2-5-12(6-3-10)23(27)28)16(18(26)22-21-9)17(25)20-11-4-7-13(19)14(8-11)24(29)30/h2-8,15-16H,1H3,(H,20,25)(H,22,26). The summed E-state index contributed by atoms with van der Waals surface area (Å²) in [5.74, 6) is -3.42. The van der Waals surface area contributed by atoms with E-state index in [2.05, 4.69) is 15.8 Å². The summed E-state index contributed by atoms with van der Waals surface area (Å²) in [4.78, 5) is 46.0. The Morgan fingerprint density at radius 3 is 2.40 bits per heavy atom. The van der Waals surface area contributed by atoms with E-state index in [0.717, 1.165) is 6.07 Å². The zero-order chi connectivity index (χ0) is 22.0. The second kappa shape index (κ2) is 8.25. The van der Waals surface area contributed by atoms with E-state index in [0.29, 0.717) is 11.3 Å². The van der Waals surface area contributed by atoms with Crippen LogP contribution in [0.3, 0.4) is 0 Å². The van der Waals surface area contributed by atoms with E-state index in [1.807, 2.05) is 0 Å². The van der Waals surface area contributed by atoms with E-state index in [4.69, 9.17) is 11.6 Å². The molecule has 1 aliphatic rings. The van der Waals surface area contributed by atoms with E-state index >= 15 is 0 Å². The number of nitro benzene ring substituents is 2. The molecule has 2 atom stereocenters. The lowest BCUT2D eigenvalue weighted by Crippen LogP contribution is -2.46. The number of nitrogens with one attached hydrogen (secondary N) is 2. The van der Waals surface area contributed by atoms with E-state index in [1.165, 1.54) is 36.4 Å². The number of hydrogen-bond donors (Lipinski definition) is 2. The fourth-order valence-electron chi connectivity index (χ4n) is 3.13. The normalized spacial score (nSPS) is 18.2. The van der Waals surface area contributed by atoms with Crippen molar-refractivity contribution in [2.24, 2.45) is 11.0 Å². The minimum absolute atomic E-state index is 0.0894. The van der Waals surface area contributed by atoms with Crippen LogP contribution in [0.5, 0.6) is 0 Å². The second-order valence-corrected chi connectivity index (χ2v) is 6.85. The molecule has 0 aromatic heterocycles. The maximum atomic E-state index is 12.9. The fourth-order valence-corrected chi connectivity index (χ4v) is 3.32. The smallest absolute Gasteiger partial charge is 0.289 e. The van der Waals surface area contributed by atoms with Crippen LogP contribution in [0.2, 0.25) is 5.02 Å². The number of hydrazone groups is 1. The number of benzene rings is 2. The van der Waals surface area contributed by atoms with Crippen LogP contribution >= 0.6 is 11.6 Å². The number of amides is 2. The molecule has 0 fully saturated rings. The Balaban J connectivity index is 1.93. The van der Waals surface area contributed by atoms with Crippen molar-refractivity contribution in [3.8, 4) is 0 Å². The summed E-state index contributed by atoms with van der Waals surface area (Å²) in [6, 6.07) is 9.16. The highest BCUT2D eigenvalue weighted by molar-refractivity contribution is 6.32. The van der Waals surface area contributed by atoms with E-state index in [9.17, 15) is 29.8 Å². The fraction of sp³-hybridized carbons (Fsp3) is 0.167. The molecule has 2 aromatic carbocycles. The third-order valence-electron chi connectivity index (χ3n) is 4.56. The maximum absolute atomic E-state index is 12.9. The third kappa shape index (κ3) is 4.10. The molecule has 0 saturated heterocycles. The Morgan fingerprint density at radius 2 is 1.80 bits per heavy atom. The SMILES string of the molecule is CC1=NNC(=O)C(C(=O)Nc2ccc(Cl)c([N+](=O)[O-])c2)C1c1ccc([N+](=O)[O-])cc1. The summed E-state index contributed by atoms with van der Waals surface area (Å²) in [5.41, 5.74) is 2.73. The van der Waals surface area contributed by atoms with Gasteiger partial charge >= 0.3 is 0 Å². The van der Waals surface area contributed by atoms with Crippen molar-refractivity contribution in [3.05, 3.63) is 73.3 Å². The molecule has 154 valence electrons. The van der Waals surface area contributed by atoms with Crippen molar-refractivity contribution in [2.75, 3.05) is 5.32 Å². The number of hydrogen-bond acceptors (Lipinski definition) is 7. The molecule has 2 N–H and O–H groups in total. The Labute approximate surface area is 174 Å². The van der Waals surface area contributed by atoms with Crippen molar-refractivity contribution in [3.63, 3.8) is 0 Å². The van der Waals surface area contributed by atoms with Crippen LogP contribution < -0.4 is 10.7 Å². The molecule has 12 heteroatoms. The average Bonchev–Trinajstić information content (AvgIpc) is 2.70. The van der Waals surface area contributed by atoms with Gasteiger partial charge in [-0.2, -0.15) is 5.10 Å². The zero-order valence-electron chi connectivity index (χ0n) is 15.4. The molecule has 30 heavy (non-hydrogen) atoms. The molecular weight excluding hydrogens is 418 g/mol. The molecule has 3 rings (SSSR count). The van der Waals surface area contributed by atoms with Gasteiger partial charge in [0.2, 0.25) is 5.91 Å². The first-order valence-corrected chi connectivity index (χ1v) is 8.90. The highest BCUT2D eigenvalue weighted by Crippen LogP contribution is 2.32. The van der Waals surface area contributed by atoms with Crippen LogP contribution in [0, 0.1) is 26.1 Å². The minimum Gasteiger partial charge on any atom is -0.325 e. The Bertz CT molecular complexity index is 1080. The molecule has 0 bridgehead atoms. The predicted octanol–water partition coefficient (Wildman–Crippen LogP) is 3.00. The van der Waals surface area contributed by atoms with Crippen LogP contribution in [-0.2, 0) is 9.59 Å². The van der Waals surface area contributed by atoms with E-state index in [-0.39, 0.29) is 16.4 Å². The van der Waals surface area contributed by atoms with Gasteiger partial charge in [-0.15, -0.1) is 0 Å². The molecule has 11 nitrogen and oxygen atoms in total. The Kier molecular flexibility index (Phi) is 5.74. The highest BCUT2D eigenvalue weighted by Gasteiger charge is 2.40. The van der Waals surface area contributed by atoms with Gasteiger partial charge in [-0.25, -0.2) is 5.43 Å². The number of non-ortho nitro benzene ring substituents is 1. The van der Waals surface area contributed by atoms with Gasteiger partial charge in [0.25, 0.3) is 17.3 Å². The van der Waals surface area contributed by atoms with Gasteiger partial charge in [0.15, 0.2) is 0 Å². The van der Waals surface area contributed by atoms with Gasteiger partial charge in [0.1, 0.15) is 10.9 Å². The van der Waals surface area contributed by atoms with Crippen molar-refractivity contribution < 1.29 is 19.4 Å². The molecule has 2 aromatic rings. The number of nitro groups is 2. The lowest BCUT2D eigenvalue weighted by molar-refractivity contribution is -0.385. The first-order chi connectivity index (χ1) is 14.2. The molecule has 0 saturated carbocycles. The molecule has 2 unspecified atom stereocenters. The number of carbonyl (C=O) groups is 2. The molecule has 2 amide bonds. The number of nitrogens with zero attached hydrogens (tertiary/aromatic N) is 3. The minimum atomic E-state index is -1.25. The summed E-state index contributed by atoms with van der Waals surface area (Å²) in [5, 5.41) is 28.2. The molecular formula is C18H14ClN5O6. The van der Waals surface area contributed by atoms with Crippen LogP contribution in [-0.4, -0.2) is 27.4 Å². The first-order valence-electron chi connectivity index (χ1n) is 8.52. The summed E-state index contributed by atoms with van der Waals surface area (Å²) in [6.07, 6.45) is 0. The lowest BCUT2D eigenvalue weighted by Gasteiger charge is -2.28. The monoisotopic (exact) mass is 431 g/mol. The summed E-state index contributed by atoms with van der Waals surface area (Å²) in [7, 11) is 0. The van der Waals surface area contributed by atoms with Crippen LogP contribution in [0.1, 0.15) is 18.4 Å². The highest BCUT2D eigenvalue weighted by atomic mass is 35.5. The second-order valence-electron chi connectivity index (χ2n) is 6.45. The van der Waals surface area contributed by atoms with Gasteiger partial charge in [-0.3, -0.25) is 29.8 Å². The van der Waals surface area contributed by atoms with Crippen molar-refractivity contribution in [1.29, 1.82) is 0 Å². The molecule has 0 aliphatic carbocycles. The topological polar surface area (TPSA) is 157 Å². The van der Waals surface area contributed by atoms with Gasteiger partial charge < -0.3 is 5.32 Å². The van der Waals surface area contributed by atoms with Crippen LogP contribution in [0.4, 0.5) is 17.1 Å². The Morgan fingerprint density at radius 1 is 1.13 bits per heavy atom. The summed E-state index contributed by atoms with van der Waals surface area (Å²) in [6.45, 7) is 1.61. The third-order valence-corrected chi connectivity index (χ3v) is 4.88. The van der Waals surface area contributed by atoms with Crippen molar-refractivity contribution in [1.82, 2.24) is 5.43 Å². The largest absolute Gasteiger partial charge is 0.325 e. The summed E-state index contributed by atoms with van der Waals surface area (Å²) >= 11 is 5.77. The van der Waals surface area contributed by atoms with E-state index < -0.39 is 39.2 Å². The van der Waals surface area contributed by atoms with Crippen molar-refractivity contribution >= 4 is 46.2 Å². The molecule has 0 spiro atoms. The van der Waals surface area contributed by atoms with Gasteiger partial charge in [0, 0.05) is 35.5 Å². The molecule has 0 radical (unpaired) electrons. The maximum Gasteiger partial charge on any atom is 0.289 e. The molecule has 1 heterocycles. The van der Waals surface area contributed by atoms with Gasteiger partial charge in [0.05, 0.1) is 9.85 Å². The molecule has 1 aliphatic heterocycles. The van der Waals surface area contributed by atoms with Gasteiger partial charge in [-0.1, -0.05) is 23.7 Å².